The van der Waals surface area contributed by atoms with Crippen LogP contribution in [0.4, 0.5) is 21.5 Å². The molecule has 2 amide bonds. The largest absolute Gasteiger partial charge is 0.368 e. The predicted molar refractivity (Wildman–Crippen MR) is 156 cm³/mol. The average molecular weight is 585 g/mol. The Kier molecular flexibility index (Phi) is 7.26. The van der Waals surface area contributed by atoms with Crippen molar-refractivity contribution in [1.29, 1.82) is 0 Å². The second-order valence-corrected chi connectivity index (χ2v) is 11.4. The normalized spacial score (nSPS) is 16.5. The molecular weight excluding hydrogens is 559 g/mol. The summed E-state index contributed by atoms with van der Waals surface area (Å²) < 4.78 is 27.3. The van der Waals surface area contributed by atoms with E-state index in [4.69, 9.17) is 0 Å². The molecule has 0 N–H and O–H groups in total. The summed E-state index contributed by atoms with van der Waals surface area (Å²) >= 11 is 0. The molecule has 2 heterocycles. The highest BCUT2D eigenvalue weighted by atomic mass is 32.2. The van der Waals surface area contributed by atoms with E-state index in [1.807, 2.05) is 0 Å². The molecule has 0 radical (unpaired) electrons. The molecule has 2 aliphatic rings. The monoisotopic (exact) mass is 584 g/mol. The van der Waals surface area contributed by atoms with Gasteiger partial charge in [0.25, 0.3) is 17.5 Å². The molecule has 1 atom stereocenters. The van der Waals surface area contributed by atoms with Crippen LogP contribution in [0.15, 0.2) is 101 Å². The van der Waals surface area contributed by atoms with E-state index < -0.39 is 21.5 Å². The van der Waals surface area contributed by atoms with Crippen LogP contribution in [0.5, 0.6) is 0 Å². The van der Waals surface area contributed by atoms with Gasteiger partial charge >= 0.3 is 0 Å². The van der Waals surface area contributed by atoms with Gasteiger partial charge in [-0.2, -0.15) is 0 Å². The Morgan fingerprint density at radius 2 is 1.57 bits per heavy atom. The van der Waals surface area contributed by atoms with Crippen LogP contribution in [0.25, 0.3) is 0 Å². The maximum absolute atomic E-state index is 13.8. The van der Waals surface area contributed by atoms with E-state index in [1.165, 1.54) is 29.2 Å². The lowest BCUT2D eigenvalue weighted by molar-refractivity contribution is -0.384. The maximum Gasteiger partial charge on any atom is 0.269 e. The molecular formula is C31H25FN4O5S. The Bertz CT molecular complexity index is 1720. The summed E-state index contributed by atoms with van der Waals surface area (Å²) in [6.45, 7) is 2.06. The van der Waals surface area contributed by atoms with E-state index in [0.29, 0.717) is 58.3 Å². The molecule has 4 aromatic rings. The summed E-state index contributed by atoms with van der Waals surface area (Å²) in [4.78, 5) is 44.0. The second-order valence-electron chi connectivity index (χ2n) is 10.0. The number of non-ortho nitro benzene ring substituents is 1. The van der Waals surface area contributed by atoms with Gasteiger partial charge in [0.05, 0.1) is 43.3 Å². The van der Waals surface area contributed by atoms with Crippen molar-refractivity contribution in [1.82, 2.24) is 4.90 Å². The molecule has 6 rings (SSSR count). The van der Waals surface area contributed by atoms with Crippen LogP contribution < -0.4 is 9.80 Å². The topological polar surface area (TPSA) is 104 Å². The number of hydrogen-bond donors (Lipinski definition) is 0. The third-order valence-electron chi connectivity index (χ3n) is 7.51. The molecule has 1 fully saturated rings. The first-order chi connectivity index (χ1) is 20.3. The van der Waals surface area contributed by atoms with Crippen LogP contribution in [-0.2, 0) is 17.3 Å². The van der Waals surface area contributed by atoms with Crippen molar-refractivity contribution in [3.05, 3.63) is 124 Å². The Morgan fingerprint density at radius 1 is 0.881 bits per heavy atom. The maximum atomic E-state index is 13.8. The van der Waals surface area contributed by atoms with Crippen molar-refractivity contribution >= 4 is 39.7 Å². The van der Waals surface area contributed by atoms with E-state index >= 15 is 0 Å². The van der Waals surface area contributed by atoms with E-state index in [1.54, 1.807) is 71.6 Å². The smallest absolute Gasteiger partial charge is 0.269 e. The van der Waals surface area contributed by atoms with Gasteiger partial charge in [-0.15, -0.1) is 0 Å². The van der Waals surface area contributed by atoms with Crippen LogP contribution in [0.2, 0.25) is 0 Å². The number of nitrogens with zero attached hydrogens (tertiary/aromatic N) is 4. The van der Waals surface area contributed by atoms with Gasteiger partial charge in [0.2, 0.25) is 0 Å². The van der Waals surface area contributed by atoms with Gasteiger partial charge in [0, 0.05) is 49.6 Å². The van der Waals surface area contributed by atoms with Gasteiger partial charge < -0.3 is 14.7 Å². The number of rotatable bonds is 5. The first kappa shape index (κ1) is 27.3. The number of nitro groups is 1. The highest BCUT2D eigenvalue weighted by molar-refractivity contribution is 7.85. The summed E-state index contributed by atoms with van der Waals surface area (Å²) in [5.41, 5.74) is 2.58. The van der Waals surface area contributed by atoms with Crippen molar-refractivity contribution in [3.63, 3.8) is 0 Å². The fraction of sp³-hybridized carbons (Fsp3) is 0.161. The zero-order valence-electron chi connectivity index (χ0n) is 22.3. The Morgan fingerprint density at radius 3 is 2.26 bits per heavy atom. The van der Waals surface area contributed by atoms with E-state index in [2.05, 4.69) is 4.90 Å². The highest BCUT2D eigenvalue weighted by Crippen LogP contribution is 2.36. The van der Waals surface area contributed by atoms with Gasteiger partial charge in [-0.05, 0) is 60.2 Å². The molecule has 0 bridgehead atoms. The van der Waals surface area contributed by atoms with Crippen molar-refractivity contribution in [2.75, 3.05) is 36.0 Å². The van der Waals surface area contributed by atoms with Crippen LogP contribution in [-0.4, -0.2) is 52.0 Å². The van der Waals surface area contributed by atoms with Crippen molar-refractivity contribution in [3.8, 4) is 0 Å². The summed E-state index contributed by atoms with van der Waals surface area (Å²) in [6.07, 6.45) is 0. The minimum Gasteiger partial charge on any atom is -0.368 e. The van der Waals surface area contributed by atoms with E-state index in [0.717, 1.165) is 5.69 Å². The fourth-order valence-corrected chi connectivity index (χ4v) is 6.61. The standard InChI is InChI=1S/C31H25FN4O5S/c32-23-8-5-21(6-9-23)20-35-27-19-22(7-14-29(27)42(41)28-4-2-1-3-26(28)31(35)38)30(37)34-17-15-33(16-18-34)24-10-12-25(13-11-24)36(39)40/h1-14,19H,15-18,20H2/t42-/m1/s1. The average Bonchev–Trinajstić information content (AvgIpc) is 3.11. The zero-order chi connectivity index (χ0) is 29.4. The molecule has 42 heavy (non-hydrogen) atoms. The summed E-state index contributed by atoms with van der Waals surface area (Å²) in [5.74, 6) is -0.972. The first-order valence-corrected chi connectivity index (χ1v) is 14.4. The van der Waals surface area contributed by atoms with Crippen LogP contribution in [0.3, 0.4) is 0 Å². The van der Waals surface area contributed by atoms with Crippen molar-refractivity contribution < 1.29 is 23.1 Å². The summed E-state index contributed by atoms with van der Waals surface area (Å²) in [5, 5.41) is 11.0. The second kappa shape index (κ2) is 11.2. The van der Waals surface area contributed by atoms with Gasteiger partial charge in [0.1, 0.15) is 5.82 Å². The Hall–Kier alpha value is -4.90. The number of nitro benzene ring substituents is 1. The molecule has 2 aliphatic heterocycles. The fourth-order valence-electron chi connectivity index (χ4n) is 5.26. The SMILES string of the molecule is O=C(c1ccc2c(c1)N(Cc1ccc(F)cc1)C(=O)c1ccccc1[S@]2=O)N1CCN(c2ccc([N+](=O)[O-])cc2)CC1. The summed E-state index contributed by atoms with van der Waals surface area (Å²) in [6, 6.07) is 23.8. The lowest BCUT2D eigenvalue weighted by Gasteiger charge is -2.36. The Balaban J connectivity index is 1.28. The predicted octanol–water partition coefficient (Wildman–Crippen LogP) is 5.02. The molecule has 0 aliphatic carbocycles. The van der Waals surface area contributed by atoms with Crippen molar-refractivity contribution in [2.45, 2.75) is 16.3 Å². The quantitative estimate of drug-likeness (QED) is 0.241. The molecule has 212 valence electrons. The van der Waals surface area contributed by atoms with Crippen LogP contribution in [0.1, 0.15) is 26.3 Å². The number of amides is 2. The number of benzene rings is 4. The lowest BCUT2D eigenvalue weighted by atomic mass is 10.1. The van der Waals surface area contributed by atoms with Crippen LogP contribution in [0, 0.1) is 15.9 Å². The third kappa shape index (κ3) is 5.14. The van der Waals surface area contributed by atoms with E-state index in [9.17, 15) is 28.3 Å². The molecule has 0 spiro atoms. The number of halogens is 1. The molecule has 9 nitrogen and oxygen atoms in total. The first-order valence-electron chi connectivity index (χ1n) is 13.3. The van der Waals surface area contributed by atoms with Crippen LogP contribution >= 0.6 is 0 Å². The molecule has 0 aromatic heterocycles. The number of carbonyl (C=O) groups excluding carboxylic acids is 2. The van der Waals surface area contributed by atoms with Gasteiger partial charge in [-0.3, -0.25) is 19.7 Å². The number of fused-ring (bicyclic) bond motifs is 2. The highest BCUT2D eigenvalue weighted by Gasteiger charge is 2.32. The number of anilines is 2. The van der Waals surface area contributed by atoms with Gasteiger partial charge in [-0.1, -0.05) is 24.3 Å². The molecule has 0 saturated carbocycles. The lowest BCUT2D eigenvalue weighted by Crippen LogP contribution is -2.48. The third-order valence-corrected chi connectivity index (χ3v) is 9.01. The zero-order valence-corrected chi connectivity index (χ0v) is 23.1. The minimum absolute atomic E-state index is 0.0201. The number of carbonyl (C=O) groups is 2. The number of hydrogen-bond acceptors (Lipinski definition) is 6. The molecule has 4 aromatic carbocycles. The Labute approximate surface area is 243 Å². The van der Waals surface area contributed by atoms with Crippen molar-refractivity contribution in [2.24, 2.45) is 0 Å². The minimum atomic E-state index is -1.66. The number of piperazine rings is 1. The molecule has 1 saturated heterocycles. The van der Waals surface area contributed by atoms with Gasteiger partial charge in [-0.25, -0.2) is 8.60 Å². The van der Waals surface area contributed by atoms with Gasteiger partial charge in [0.15, 0.2) is 0 Å². The summed E-state index contributed by atoms with van der Waals surface area (Å²) in [7, 11) is -1.66. The van der Waals surface area contributed by atoms with E-state index in [-0.39, 0.29) is 24.0 Å². The molecule has 11 heteroatoms. The molecule has 0 unspecified atom stereocenters.